The third-order valence-electron chi connectivity index (χ3n) is 6.92. The SMILES string of the molecule is COc1ccc(-c2nc3n(C(=S)Nc4ccccc4)c(-c4ccc(C)cc4)c4n3c2CCCC4)cc1. The molecular weight excluding hydrogens is 464 g/mol. The first kappa shape index (κ1) is 22.6. The number of nitrogens with one attached hydrogen (secondary N) is 1. The summed E-state index contributed by atoms with van der Waals surface area (Å²) in [5.74, 6) is 1.70. The number of rotatable bonds is 4. The van der Waals surface area contributed by atoms with Crippen LogP contribution in [0.25, 0.3) is 28.3 Å². The van der Waals surface area contributed by atoms with Crippen LogP contribution in [0.1, 0.15) is 29.8 Å². The number of hydrogen-bond donors (Lipinski definition) is 1. The fourth-order valence-electron chi connectivity index (χ4n) is 5.14. The summed E-state index contributed by atoms with van der Waals surface area (Å²) in [7, 11) is 1.69. The predicted molar refractivity (Wildman–Crippen MR) is 150 cm³/mol. The van der Waals surface area contributed by atoms with Crippen LogP contribution in [0, 0.1) is 6.92 Å². The zero-order valence-electron chi connectivity index (χ0n) is 20.5. The molecule has 0 bridgehead atoms. The lowest BCUT2D eigenvalue weighted by Gasteiger charge is -2.14. The molecule has 6 rings (SSSR count). The first-order valence-corrected chi connectivity index (χ1v) is 12.8. The van der Waals surface area contributed by atoms with Gasteiger partial charge in [0.1, 0.15) is 5.75 Å². The summed E-state index contributed by atoms with van der Waals surface area (Å²) in [5.41, 5.74) is 9.09. The van der Waals surface area contributed by atoms with Gasteiger partial charge in [0.15, 0.2) is 5.11 Å². The Morgan fingerprint density at radius 3 is 2.22 bits per heavy atom. The molecule has 0 unspecified atom stereocenters. The molecule has 0 amide bonds. The number of methoxy groups -OCH3 is 1. The lowest BCUT2D eigenvalue weighted by atomic mass is 10.0. The number of benzene rings is 3. The molecule has 0 aliphatic carbocycles. The number of thiocarbonyl (C=S) groups is 1. The molecule has 0 saturated heterocycles. The van der Waals surface area contributed by atoms with Gasteiger partial charge in [0.25, 0.3) is 0 Å². The van der Waals surface area contributed by atoms with E-state index in [9.17, 15) is 0 Å². The van der Waals surface area contributed by atoms with Crippen LogP contribution >= 0.6 is 12.2 Å². The molecule has 3 aromatic carbocycles. The van der Waals surface area contributed by atoms with Crippen molar-refractivity contribution in [3.63, 3.8) is 0 Å². The molecule has 180 valence electrons. The molecule has 1 N–H and O–H groups in total. The highest BCUT2D eigenvalue weighted by atomic mass is 32.1. The number of ether oxygens (including phenoxy) is 1. The molecule has 36 heavy (non-hydrogen) atoms. The molecule has 0 fully saturated rings. The zero-order valence-corrected chi connectivity index (χ0v) is 21.3. The van der Waals surface area contributed by atoms with Gasteiger partial charge < -0.3 is 10.1 Å². The Bertz CT molecular complexity index is 1550. The van der Waals surface area contributed by atoms with Crippen LogP contribution < -0.4 is 10.1 Å². The molecule has 3 heterocycles. The van der Waals surface area contributed by atoms with E-state index in [1.54, 1.807) is 7.11 Å². The van der Waals surface area contributed by atoms with Gasteiger partial charge in [-0.15, -0.1) is 0 Å². The van der Waals surface area contributed by atoms with E-state index in [2.05, 4.69) is 57.6 Å². The standard InChI is InChI=1S/C30H28N4OS/c1-20-12-14-22(15-13-20)28-26-11-7-6-10-25-27(21-16-18-24(35-2)19-17-21)32-29(33(25)26)34(28)30(36)31-23-8-4-3-5-9-23/h3-5,8-9,12-19H,6-7,10-11H2,1-2H3,(H,31,36). The average molecular weight is 493 g/mol. The predicted octanol–water partition coefficient (Wildman–Crippen LogP) is 6.91. The van der Waals surface area contributed by atoms with Crippen LogP contribution in [0.15, 0.2) is 78.9 Å². The first-order valence-electron chi connectivity index (χ1n) is 12.4. The van der Waals surface area contributed by atoms with Gasteiger partial charge in [-0.2, -0.15) is 0 Å². The molecule has 0 spiro atoms. The minimum absolute atomic E-state index is 0.617. The molecule has 2 aromatic heterocycles. The highest BCUT2D eigenvalue weighted by Crippen LogP contribution is 2.37. The van der Waals surface area contributed by atoms with Gasteiger partial charge in [-0.1, -0.05) is 48.0 Å². The fourth-order valence-corrected chi connectivity index (χ4v) is 5.43. The number of aromatic nitrogens is 3. The fraction of sp³-hybridized carbons (Fsp3) is 0.200. The maximum atomic E-state index is 6.04. The van der Waals surface area contributed by atoms with Crippen molar-refractivity contribution in [1.29, 1.82) is 0 Å². The number of anilines is 1. The van der Waals surface area contributed by atoms with E-state index < -0.39 is 0 Å². The Morgan fingerprint density at radius 2 is 1.53 bits per heavy atom. The number of imidazole rings is 2. The molecule has 1 aliphatic rings. The molecule has 0 saturated carbocycles. The van der Waals surface area contributed by atoms with Crippen LogP contribution in [0.5, 0.6) is 5.75 Å². The van der Waals surface area contributed by atoms with Gasteiger partial charge in [0.2, 0.25) is 5.78 Å². The Hall–Kier alpha value is -3.90. The van der Waals surface area contributed by atoms with Crippen LogP contribution in [0.4, 0.5) is 5.69 Å². The highest BCUT2D eigenvalue weighted by molar-refractivity contribution is 7.80. The summed E-state index contributed by atoms with van der Waals surface area (Å²) in [5, 5.41) is 4.07. The molecule has 6 heteroatoms. The maximum absolute atomic E-state index is 6.04. The number of nitrogens with zero attached hydrogens (tertiary/aromatic N) is 3. The summed E-state index contributed by atoms with van der Waals surface area (Å²) in [6.07, 6.45) is 4.21. The lowest BCUT2D eigenvalue weighted by molar-refractivity contribution is 0.415. The van der Waals surface area contributed by atoms with Crippen LogP contribution in [0.3, 0.4) is 0 Å². The maximum Gasteiger partial charge on any atom is 0.222 e. The van der Waals surface area contributed by atoms with Crippen molar-refractivity contribution in [3.8, 4) is 28.3 Å². The second-order valence-electron chi connectivity index (χ2n) is 9.27. The van der Waals surface area contributed by atoms with Crippen molar-refractivity contribution in [2.24, 2.45) is 0 Å². The molecule has 1 aliphatic heterocycles. The van der Waals surface area contributed by atoms with Gasteiger partial charge in [-0.25, -0.2) is 4.98 Å². The smallest absolute Gasteiger partial charge is 0.222 e. The Kier molecular flexibility index (Phi) is 5.82. The summed E-state index contributed by atoms with van der Waals surface area (Å²) in [6, 6.07) is 27.0. The number of hydrogen-bond acceptors (Lipinski definition) is 3. The summed E-state index contributed by atoms with van der Waals surface area (Å²) in [6.45, 7) is 2.12. The largest absolute Gasteiger partial charge is 0.497 e. The zero-order chi connectivity index (χ0) is 24.6. The highest BCUT2D eigenvalue weighted by Gasteiger charge is 2.28. The topological polar surface area (TPSA) is 43.5 Å². The molecular formula is C30H28N4OS. The van der Waals surface area contributed by atoms with Gasteiger partial charge in [0, 0.05) is 16.8 Å². The monoisotopic (exact) mass is 492 g/mol. The van der Waals surface area contributed by atoms with Crippen molar-refractivity contribution in [1.82, 2.24) is 14.0 Å². The second kappa shape index (κ2) is 9.28. The van der Waals surface area contributed by atoms with Crippen molar-refractivity contribution in [2.45, 2.75) is 32.6 Å². The summed E-state index contributed by atoms with van der Waals surface area (Å²) in [4.78, 5) is 5.24. The summed E-state index contributed by atoms with van der Waals surface area (Å²) >= 11 is 6.04. The van der Waals surface area contributed by atoms with E-state index in [4.69, 9.17) is 21.9 Å². The van der Waals surface area contributed by atoms with E-state index in [0.29, 0.717) is 5.11 Å². The second-order valence-corrected chi connectivity index (χ2v) is 9.66. The van der Waals surface area contributed by atoms with Gasteiger partial charge in [-0.3, -0.25) is 8.97 Å². The van der Waals surface area contributed by atoms with Gasteiger partial charge >= 0.3 is 0 Å². The van der Waals surface area contributed by atoms with E-state index in [-0.39, 0.29) is 0 Å². The Balaban J connectivity index is 1.60. The van der Waals surface area contributed by atoms with Crippen LogP contribution in [0.2, 0.25) is 0 Å². The summed E-state index contributed by atoms with van der Waals surface area (Å²) < 4.78 is 9.87. The Morgan fingerprint density at radius 1 is 0.861 bits per heavy atom. The van der Waals surface area contributed by atoms with Crippen molar-refractivity contribution < 1.29 is 4.74 Å². The minimum Gasteiger partial charge on any atom is -0.497 e. The first-order chi connectivity index (χ1) is 17.6. The molecule has 5 nitrogen and oxygen atoms in total. The number of para-hydroxylation sites is 1. The van der Waals surface area contributed by atoms with E-state index in [1.165, 1.54) is 17.0 Å². The molecule has 0 radical (unpaired) electrons. The molecule has 0 atom stereocenters. The molecule has 5 aromatic rings. The van der Waals surface area contributed by atoms with E-state index >= 15 is 0 Å². The lowest BCUT2D eigenvalue weighted by Crippen LogP contribution is -2.20. The van der Waals surface area contributed by atoms with Gasteiger partial charge in [-0.05, 0) is 81.2 Å². The van der Waals surface area contributed by atoms with Crippen LogP contribution in [-0.4, -0.2) is 26.2 Å². The van der Waals surface area contributed by atoms with E-state index in [0.717, 1.165) is 65.4 Å². The third-order valence-corrected chi connectivity index (χ3v) is 7.20. The Labute approximate surface area is 216 Å². The normalized spacial score (nSPS) is 12.9. The number of aryl methyl sites for hydroxylation is 3. The third kappa shape index (κ3) is 3.88. The van der Waals surface area contributed by atoms with Crippen molar-refractivity contribution in [3.05, 3.63) is 95.8 Å². The average Bonchev–Trinajstić information content (AvgIpc) is 3.32. The minimum atomic E-state index is 0.617. The van der Waals surface area contributed by atoms with Gasteiger partial charge in [0.05, 0.1) is 29.9 Å². The van der Waals surface area contributed by atoms with Crippen LogP contribution in [-0.2, 0) is 12.8 Å². The van der Waals surface area contributed by atoms with E-state index in [1.807, 2.05) is 42.5 Å². The van der Waals surface area contributed by atoms with Crippen molar-refractivity contribution in [2.75, 3.05) is 12.4 Å². The van der Waals surface area contributed by atoms with Crippen molar-refractivity contribution >= 4 is 28.8 Å². The quantitative estimate of drug-likeness (QED) is 0.277.